The monoisotopic (exact) mass is 452 g/mol. The predicted octanol–water partition coefficient (Wildman–Crippen LogP) is 1.65. The van der Waals surface area contributed by atoms with Crippen LogP contribution >= 0.6 is 0 Å². The number of esters is 1. The molecule has 1 aliphatic heterocycles. The first-order chi connectivity index (χ1) is 14.1. The molecule has 0 spiro atoms. The van der Waals surface area contributed by atoms with Crippen LogP contribution in [0.3, 0.4) is 0 Å². The molecule has 10 heteroatoms. The van der Waals surface area contributed by atoms with E-state index in [1.54, 1.807) is 0 Å². The van der Waals surface area contributed by atoms with Crippen molar-refractivity contribution < 1.29 is 26.4 Å². The van der Waals surface area contributed by atoms with E-state index in [0.29, 0.717) is 12.8 Å². The van der Waals surface area contributed by atoms with E-state index in [9.17, 15) is 21.6 Å². The molecule has 0 radical (unpaired) electrons. The largest absolute Gasteiger partial charge is 0.462 e. The van der Waals surface area contributed by atoms with Gasteiger partial charge in [-0.25, -0.2) is 26.4 Å². The van der Waals surface area contributed by atoms with Crippen molar-refractivity contribution in [1.82, 2.24) is 9.71 Å². The molecule has 0 unspecified atom stereocenters. The zero-order valence-electron chi connectivity index (χ0n) is 16.6. The minimum absolute atomic E-state index is 0.0371. The summed E-state index contributed by atoms with van der Waals surface area (Å²) < 4.78 is 55.8. The molecule has 0 saturated carbocycles. The number of hydrogen-bond donors (Lipinski definition) is 1. The van der Waals surface area contributed by atoms with Gasteiger partial charge in [0.1, 0.15) is 0 Å². The highest BCUT2D eigenvalue weighted by molar-refractivity contribution is 7.92. The summed E-state index contributed by atoms with van der Waals surface area (Å²) in [6.45, 7) is 2.09. The second-order valence-corrected chi connectivity index (χ2v) is 11.2. The second kappa shape index (κ2) is 9.23. The first-order valence-electron chi connectivity index (χ1n) is 9.57. The van der Waals surface area contributed by atoms with Gasteiger partial charge < -0.3 is 4.74 Å². The van der Waals surface area contributed by atoms with Crippen molar-refractivity contribution in [3.8, 4) is 0 Å². The van der Waals surface area contributed by atoms with Gasteiger partial charge in [-0.2, -0.15) is 0 Å². The average molecular weight is 453 g/mol. The van der Waals surface area contributed by atoms with Crippen molar-refractivity contribution in [3.63, 3.8) is 0 Å². The minimum Gasteiger partial charge on any atom is -0.462 e. The molecule has 1 atom stereocenters. The Morgan fingerprint density at radius 3 is 2.70 bits per heavy atom. The van der Waals surface area contributed by atoms with Crippen LogP contribution < -0.4 is 4.72 Å². The Bertz CT molecular complexity index is 1130. The maximum absolute atomic E-state index is 12.6. The van der Waals surface area contributed by atoms with Crippen LogP contribution in [0.5, 0.6) is 0 Å². The van der Waals surface area contributed by atoms with Crippen LogP contribution in [0.15, 0.2) is 47.4 Å². The van der Waals surface area contributed by atoms with E-state index in [1.807, 2.05) is 25.1 Å². The second-order valence-electron chi connectivity index (χ2n) is 7.26. The maximum Gasteiger partial charge on any atom is 0.338 e. The van der Waals surface area contributed by atoms with Crippen LogP contribution in [0, 0.1) is 6.92 Å². The van der Waals surface area contributed by atoms with Gasteiger partial charge in [0.15, 0.2) is 9.84 Å². The number of aromatic nitrogens is 1. The number of hydrogen-bond acceptors (Lipinski definition) is 7. The summed E-state index contributed by atoms with van der Waals surface area (Å²) in [6.07, 6.45) is 1.49. The van der Waals surface area contributed by atoms with E-state index in [1.165, 1.54) is 24.3 Å². The maximum atomic E-state index is 12.6. The molecular weight excluding hydrogens is 428 g/mol. The van der Waals surface area contributed by atoms with E-state index in [2.05, 4.69) is 9.71 Å². The summed E-state index contributed by atoms with van der Waals surface area (Å²) >= 11 is 0. The standard InChI is InChI=1S/C20H24N2O6S2/c1-15-5-2-7-17(21-15)8-4-11-28-20(23)16-6-3-9-19(13-16)30(26,27)22-18-10-12-29(24,25)14-18/h2-3,5-7,9,13,18,22H,4,8,10-12,14H2,1H3/t18-/m1/s1. The molecule has 0 aliphatic carbocycles. The molecule has 1 N–H and O–H groups in total. The third kappa shape index (κ3) is 6.10. The van der Waals surface area contributed by atoms with Crippen molar-refractivity contribution >= 4 is 25.8 Å². The van der Waals surface area contributed by atoms with Gasteiger partial charge in [-0.15, -0.1) is 0 Å². The predicted molar refractivity (Wildman–Crippen MR) is 111 cm³/mol. The summed E-state index contributed by atoms with van der Waals surface area (Å²) in [5.41, 5.74) is 1.95. The van der Waals surface area contributed by atoms with E-state index in [4.69, 9.17) is 4.74 Å². The lowest BCUT2D eigenvalue weighted by Gasteiger charge is -2.12. The molecule has 0 amide bonds. The van der Waals surface area contributed by atoms with Crippen LogP contribution in [0.1, 0.15) is 34.6 Å². The number of nitrogens with zero attached hydrogens (tertiary/aromatic N) is 1. The average Bonchev–Trinajstić information content (AvgIpc) is 3.03. The Hall–Kier alpha value is -2.30. The number of aryl methyl sites for hydroxylation is 2. The first-order valence-corrected chi connectivity index (χ1v) is 12.9. The SMILES string of the molecule is Cc1cccc(CCCOC(=O)c2cccc(S(=O)(=O)N[C@@H]3CCS(=O)(=O)C3)c2)n1. The highest BCUT2D eigenvalue weighted by Crippen LogP contribution is 2.17. The van der Waals surface area contributed by atoms with Crippen LogP contribution in [0.25, 0.3) is 0 Å². The van der Waals surface area contributed by atoms with Crippen LogP contribution in [-0.4, -0.2) is 51.9 Å². The van der Waals surface area contributed by atoms with Gasteiger partial charge in [-0.05, 0) is 56.5 Å². The Kier molecular flexibility index (Phi) is 6.89. The smallest absolute Gasteiger partial charge is 0.338 e. The number of benzene rings is 1. The lowest BCUT2D eigenvalue weighted by atomic mass is 10.2. The number of rotatable bonds is 8. The Labute approximate surface area is 176 Å². The van der Waals surface area contributed by atoms with Gasteiger partial charge in [0.25, 0.3) is 0 Å². The Balaban J connectivity index is 1.56. The molecule has 2 aromatic rings. The van der Waals surface area contributed by atoms with Gasteiger partial charge in [0.2, 0.25) is 10.0 Å². The van der Waals surface area contributed by atoms with E-state index in [0.717, 1.165) is 11.4 Å². The Morgan fingerprint density at radius 2 is 2.00 bits per heavy atom. The molecule has 1 aromatic heterocycles. The molecule has 3 rings (SSSR count). The third-order valence-electron chi connectivity index (χ3n) is 4.69. The minimum atomic E-state index is -3.95. The van der Waals surface area contributed by atoms with Gasteiger partial charge in [-0.1, -0.05) is 12.1 Å². The fraction of sp³-hybridized carbons (Fsp3) is 0.400. The molecular formula is C20H24N2O6S2. The lowest BCUT2D eigenvalue weighted by molar-refractivity contribution is 0.0500. The van der Waals surface area contributed by atoms with Crippen molar-refractivity contribution in [2.24, 2.45) is 0 Å². The van der Waals surface area contributed by atoms with Crippen molar-refractivity contribution in [2.75, 3.05) is 18.1 Å². The number of nitrogens with one attached hydrogen (secondary N) is 1. The van der Waals surface area contributed by atoms with Gasteiger partial charge in [0, 0.05) is 17.4 Å². The van der Waals surface area contributed by atoms with Crippen molar-refractivity contribution in [1.29, 1.82) is 0 Å². The molecule has 8 nitrogen and oxygen atoms in total. The van der Waals surface area contributed by atoms with Crippen molar-refractivity contribution in [3.05, 3.63) is 59.4 Å². The number of pyridine rings is 1. The van der Waals surface area contributed by atoms with Crippen LogP contribution in [0.4, 0.5) is 0 Å². The summed E-state index contributed by atoms with van der Waals surface area (Å²) in [6, 6.07) is 10.6. The highest BCUT2D eigenvalue weighted by atomic mass is 32.2. The molecule has 30 heavy (non-hydrogen) atoms. The van der Waals surface area contributed by atoms with Gasteiger partial charge >= 0.3 is 5.97 Å². The lowest BCUT2D eigenvalue weighted by Crippen LogP contribution is -2.35. The fourth-order valence-corrected chi connectivity index (χ4v) is 6.30. The molecule has 1 saturated heterocycles. The summed E-state index contributed by atoms with van der Waals surface area (Å²) in [5, 5.41) is 0. The number of ether oxygens (including phenoxy) is 1. The topological polar surface area (TPSA) is 119 Å². The molecule has 1 aliphatic rings. The van der Waals surface area contributed by atoms with Crippen LogP contribution in [-0.2, 0) is 31.0 Å². The number of sulfonamides is 1. The summed E-state index contributed by atoms with van der Waals surface area (Å²) in [7, 11) is -7.16. The normalized spacial score (nSPS) is 18.2. The molecule has 2 heterocycles. The Morgan fingerprint density at radius 1 is 1.23 bits per heavy atom. The van der Waals surface area contributed by atoms with Crippen LogP contribution in [0.2, 0.25) is 0 Å². The third-order valence-corrected chi connectivity index (χ3v) is 7.98. The molecule has 1 aromatic carbocycles. The fourth-order valence-electron chi connectivity index (χ4n) is 3.21. The van der Waals surface area contributed by atoms with Gasteiger partial charge in [-0.3, -0.25) is 4.98 Å². The van der Waals surface area contributed by atoms with E-state index >= 15 is 0 Å². The quantitative estimate of drug-likeness (QED) is 0.478. The number of sulfone groups is 1. The van der Waals surface area contributed by atoms with E-state index < -0.39 is 31.9 Å². The number of carbonyl (C=O) groups excluding carboxylic acids is 1. The number of carbonyl (C=O) groups is 1. The zero-order valence-corrected chi connectivity index (χ0v) is 18.2. The van der Waals surface area contributed by atoms with Crippen molar-refractivity contribution in [2.45, 2.75) is 37.1 Å². The summed E-state index contributed by atoms with van der Waals surface area (Å²) in [4.78, 5) is 16.6. The summed E-state index contributed by atoms with van der Waals surface area (Å²) in [5.74, 6) is -0.873. The molecule has 1 fully saturated rings. The highest BCUT2D eigenvalue weighted by Gasteiger charge is 2.31. The van der Waals surface area contributed by atoms with Gasteiger partial charge in [0.05, 0.1) is 28.6 Å². The first kappa shape index (κ1) is 22.4. The van der Waals surface area contributed by atoms with E-state index in [-0.39, 0.29) is 35.0 Å². The molecule has 0 bridgehead atoms. The zero-order chi connectivity index (χ0) is 21.8. The molecule has 162 valence electrons.